The molecule has 0 spiro atoms. The zero-order valence-corrected chi connectivity index (χ0v) is 10.8. The second kappa shape index (κ2) is 5.38. The number of H-pyrrole nitrogens is 1. The standard InChI is InChI=1S/C12H11ClN2OS/c1-8-6-12(16)15-11(14-8)7-17-10-4-2-9(13)3-5-10/h2-6H,7H2,1H3,(H,14,15,16). The third-order valence-electron chi connectivity index (χ3n) is 2.11. The maximum atomic E-state index is 11.2. The first kappa shape index (κ1) is 12.2. The van der Waals surface area contributed by atoms with E-state index in [1.54, 1.807) is 11.8 Å². The zero-order valence-electron chi connectivity index (χ0n) is 9.24. The Bertz CT molecular complexity index is 565. The van der Waals surface area contributed by atoms with Gasteiger partial charge in [-0.2, -0.15) is 0 Å². The molecule has 2 aromatic rings. The Morgan fingerprint density at radius 1 is 1.35 bits per heavy atom. The molecule has 1 N–H and O–H groups in total. The van der Waals surface area contributed by atoms with Gasteiger partial charge in [0.25, 0.3) is 5.56 Å². The van der Waals surface area contributed by atoms with Gasteiger partial charge in [0.2, 0.25) is 0 Å². The Morgan fingerprint density at radius 3 is 2.71 bits per heavy atom. The molecule has 0 bridgehead atoms. The van der Waals surface area contributed by atoms with Crippen LogP contribution in [-0.4, -0.2) is 9.97 Å². The first-order chi connectivity index (χ1) is 8.13. The van der Waals surface area contributed by atoms with Crippen LogP contribution in [0.25, 0.3) is 0 Å². The number of hydrogen-bond donors (Lipinski definition) is 1. The molecular weight excluding hydrogens is 256 g/mol. The Hall–Kier alpha value is -1.26. The van der Waals surface area contributed by atoms with Gasteiger partial charge in [-0.15, -0.1) is 11.8 Å². The van der Waals surface area contributed by atoms with Gasteiger partial charge in [-0.1, -0.05) is 11.6 Å². The van der Waals surface area contributed by atoms with Crippen LogP contribution in [0.2, 0.25) is 5.02 Å². The minimum Gasteiger partial charge on any atom is -0.310 e. The van der Waals surface area contributed by atoms with Gasteiger partial charge in [-0.05, 0) is 31.2 Å². The summed E-state index contributed by atoms with van der Waals surface area (Å²) < 4.78 is 0. The number of aryl methyl sites for hydroxylation is 1. The van der Waals surface area contributed by atoms with Crippen LogP contribution in [-0.2, 0) is 5.75 Å². The smallest absolute Gasteiger partial charge is 0.251 e. The van der Waals surface area contributed by atoms with E-state index in [1.165, 1.54) is 6.07 Å². The van der Waals surface area contributed by atoms with Crippen LogP contribution in [0.4, 0.5) is 0 Å². The van der Waals surface area contributed by atoms with Crippen LogP contribution in [0.3, 0.4) is 0 Å². The molecule has 0 aliphatic rings. The molecule has 0 fully saturated rings. The summed E-state index contributed by atoms with van der Waals surface area (Å²) in [6.07, 6.45) is 0. The molecule has 0 saturated carbocycles. The van der Waals surface area contributed by atoms with Gasteiger partial charge in [-0.3, -0.25) is 4.79 Å². The fraction of sp³-hybridized carbons (Fsp3) is 0.167. The molecule has 17 heavy (non-hydrogen) atoms. The van der Waals surface area contributed by atoms with E-state index in [4.69, 9.17) is 11.6 Å². The fourth-order valence-corrected chi connectivity index (χ4v) is 2.29. The van der Waals surface area contributed by atoms with E-state index in [-0.39, 0.29) is 5.56 Å². The maximum Gasteiger partial charge on any atom is 0.251 e. The van der Waals surface area contributed by atoms with Crippen molar-refractivity contribution in [3.05, 3.63) is 57.2 Å². The predicted molar refractivity (Wildman–Crippen MR) is 70.6 cm³/mol. The first-order valence-corrected chi connectivity index (χ1v) is 6.45. The Balaban J connectivity index is 2.07. The van der Waals surface area contributed by atoms with Crippen molar-refractivity contribution in [2.45, 2.75) is 17.6 Å². The lowest BCUT2D eigenvalue weighted by Crippen LogP contribution is -2.10. The molecule has 1 heterocycles. The highest BCUT2D eigenvalue weighted by Crippen LogP contribution is 2.22. The highest BCUT2D eigenvalue weighted by atomic mass is 35.5. The highest BCUT2D eigenvalue weighted by Gasteiger charge is 2.00. The van der Waals surface area contributed by atoms with Gasteiger partial charge in [0, 0.05) is 21.7 Å². The van der Waals surface area contributed by atoms with Gasteiger partial charge in [-0.25, -0.2) is 4.98 Å². The molecule has 1 aromatic heterocycles. The van der Waals surface area contributed by atoms with Crippen LogP contribution < -0.4 is 5.56 Å². The number of hydrogen-bond acceptors (Lipinski definition) is 3. The Kier molecular flexibility index (Phi) is 3.86. The molecule has 0 amide bonds. The van der Waals surface area contributed by atoms with Crippen LogP contribution in [0.1, 0.15) is 11.5 Å². The van der Waals surface area contributed by atoms with Crippen LogP contribution in [0, 0.1) is 6.92 Å². The minimum atomic E-state index is -0.107. The van der Waals surface area contributed by atoms with E-state index in [1.807, 2.05) is 31.2 Å². The van der Waals surface area contributed by atoms with Crippen molar-refractivity contribution < 1.29 is 0 Å². The van der Waals surface area contributed by atoms with Crippen LogP contribution in [0.5, 0.6) is 0 Å². The minimum absolute atomic E-state index is 0.107. The lowest BCUT2D eigenvalue weighted by atomic mass is 10.4. The van der Waals surface area contributed by atoms with E-state index in [0.29, 0.717) is 11.6 Å². The number of benzene rings is 1. The van der Waals surface area contributed by atoms with E-state index >= 15 is 0 Å². The molecule has 5 heteroatoms. The van der Waals surface area contributed by atoms with Crippen molar-refractivity contribution >= 4 is 23.4 Å². The Labute approximate surface area is 108 Å². The summed E-state index contributed by atoms with van der Waals surface area (Å²) >= 11 is 7.41. The number of thioether (sulfide) groups is 1. The SMILES string of the molecule is Cc1cc(=O)[nH]c(CSc2ccc(Cl)cc2)n1. The van der Waals surface area contributed by atoms with Gasteiger partial charge in [0.15, 0.2) is 0 Å². The van der Waals surface area contributed by atoms with E-state index < -0.39 is 0 Å². The van der Waals surface area contributed by atoms with Crippen LogP contribution >= 0.6 is 23.4 Å². The van der Waals surface area contributed by atoms with E-state index in [9.17, 15) is 4.79 Å². The molecule has 1 aromatic carbocycles. The molecule has 0 aliphatic heterocycles. The lowest BCUT2D eigenvalue weighted by Gasteiger charge is -2.02. The number of nitrogens with zero attached hydrogens (tertiary/aromatic N) is 1. The molecule has 0 atom stereocenters. The van der Waals surface area contributed by atoms with Crippen molar-refractivity contribution in [2.24, 2.45) is 0 Å². The largest absolute Gasteiger partial charge is 0.310 e. The number of halogens is 1. The molecule has 0 unspecified atom stereocenters. The summed E-state index contributed by atoms with van der Waals surface area (Å²) in [5.41, 5.74) is 0.629. The van der Waals surface area contributed by atoms with Gasteiger partial charge in [0.1, 0.15) is 5.82 Å². The molecule has 2 rings (SSSR count). The monoisotopic (exact) mass is 266 g/mol. The van der Waals surface area contributed by atoms with Crippen molar-refractivity contribution in [1.82, 2.24) is 9.97 Å². The summed E-state index contributed by atoms with van der Waals surface area (Å²) in [6, 6.07) is 9.06. The third-order valence-corrected chi connectivity index (χ3v) is 3.38. The molecule has 0 radical (unpaired) electrons. The Morgan fingerprint density at radius 2 is 2.06 bits per heavy atom. The summed E-state index contributed by atoms with van der Waals surface area (Å²) in [5, 5.41) is 0.719. The number of nitrogens with one attached hydrogen (secondary N) is 1. The van der Waals surface area contributed by atoms with Crippen molar-refractivity contribution in [2.75, 3.05) is 0 Å². The van der Waals surface area contributed by atoms with Gasteiger partial charge < -0.3 is 4.98 Å². The lowest BCUT2D eigenvalue weighted by molar-refractivity contribution is 0.968. The summed E-state index contributed by atoms with van der Waals surface area (Å²) in [4.78, 5) is 19.3. The average molecular weight is 267 g/mol. The number of aromatic nitrogens is 2. The maximum absolute atomic E-state index is 11.2. The van der Waals surface area contributed by atoms with Crippen molar-refractivity contribution in [3.8, 4) is 0 Å². The molecular formula is C12H11ClN2OS. The van der Waals surface area contributed by atoms with E-state index in [2.05, 4.69) is 9.97 Å². The topological polar surface area (TPSA) is 45.8 Å². The molecule has 0 saturated heterocycles. The number of aromatic amines is 1. The highest BCUT2D eigenvalue weighted by molar-refractivity contribution is 7.98. The normalized spacial score (nSPS) is 10.5. The van der Waals surface area contributed by atoms with Crippen LogP contribution in [0.15, 0.2) is 40.0 Å². The summed E-state index contributed by atoms with van der Waals surface area (Å²) in [7, 11) is 0. The fourth-order valence-electron chi connectivity index (χ4n) is 1.39. The van der Waals surface area contributed by atoms with E-state index in [0.717, 1.165) is 15.6 Å². The second-order valence-electron chi connectivity index (χ2n) is 3.58. The molecule has 0 aliphatic carbocycles. The van der Waals surface area contributed by atoms with Crippen molar-refractivity contribution in [1.29, 1.82) is 0 Å². The summed E-state index contributed by atoms with van der Waals surface area (Å²) in [5.74, 6) is 1.33. The molecule has 3 nitrogen and oxygen atoms in total. The summed E-state index contributed by atoms with van der Waals surface area (Å²) in [6.45, 7) is 1.81. The van der Waals surface area contributed by atoms with Crippen molar-refractivity contribution in [3.63, 3.8) is 0 Å². The zero-order chi connectivity index (χ0) is 12.3. The van der Waals surface area contributed by atoms with Gasteiger partial charge in [0.05, 0.1) is 5.75 Å². The first-order valence-electron chi connectivity index (χ1n) is 5.09. The quantitative estimate of drug-likeness (QED) is 0.869. The second-order valence-corrected chi connectivity index (χ2v) is 5.06. The third kappa shape index (κ3) is 3.61. The predicted octanol–water partition coefficient (Wildman–Crippen LogP) is 3.02. The molecule has 88 valence electrons. The van der Waals surface area contributed by atoms with Gasteiger partial charge >= 0.3 is 0 Å². The number of rotatable bonds is 3. The average Bonchev–Trinajstić information content (AvgIpc) is 2.27.